The van der Waals surface area contributed by atoms with Crippen molar-refractivity contribution >= 4 is 23.5 Å². The van der Waals surface area contributed by atoms with E-state index in [-0.39, 0.29) is 18.3 Å². The van der Waals surface area contributed by atoms with E-state index in [4.69, 9.17) is 9.47 Å². The maximum absolute atomic E-state index is 15.0. The number of pyridine rings is 1. The maximum atomic E-state index is 15.0. The number of anilines is 2. The molecule has 0 aromatic carbocycles. The van der Waals surface area contributed by atoms with Gasteiger partial charge in [0.1, 0.15) is 12.2 Å². The molecule has 0 bridgehead atoms. The second kappa shape index (κ2) is 9.59. The van der Waals surface area contributed by atoms with E-state index in [1.54, 1.807) is 55.2 Å². The fourth-order valence-electron chi connectivity index (χ4n) is 3.86. The number of carbonyl (C=O) groups excluding carboxylic acids is 1. The van der Waals surface area contributed by atoms with Gasteiger partial charge in [0.2, 0.25) is 5.95 Å². The van der Waals surface area contributed by atoms with Crippen LogP contribution in [0.15, 0.2) is 43.0 Å². The van der Waals surface area contributed by atoms with Crippen molar-refractivity contribution < 1.29 is 18.7 Å². The SMILES string of the molecule is CC(C)NC(=O)O[C@H]1CO[C@@H](c2cc(Nc3ncc(-c4cccnc4)c4nc(C#N)cn34)n[nH]2)[C@H]1F. The molecular weight excluding hydrogens is 469 g/mol. The van der Waals surface area contributed by atoms with Gasteiger partial charge in [0, 0.05) is 41.8 Å². The number of halogens is 1. The van der Waals surface area contributed by atoms with Crippen molar-refractivity contribution in [3.05, 3.63) is 54.4 Å². The van der Waals surface area contributed by atoms with Gasteiger partial charge in [-0.3, -0.25) is 14.5 Å². The molecule has 184 valence electrons. The Morgan fingerprint density at radius 1 is 1.42 bits per heavy atom. The Hall–Kier alpha value is -4.57. The summed E-state index contributed by atoms with van der Waals surface area (Å²) >= 11 is 0. The summed E-state index contributed by atoms with van der Waals surface area (Å²) in [6.07, 6.45) is 2.23. The number of nitrogens with one attached hydrogen (secondary N) is 3. The van der Waals surface area contributed by atoms with Crippen LogP contribution in [0.2, 0.25) is 0 Å². The number of H-pyrrole nitrogens is 1. The first kappa shape index (κ1) is 23.2. The highest BCUT2D eigenvalue weighted by molar-refractivity contribution is 5.78. The molecule has 1 aliphatic heterocycles. The number of nitrogens with zero attached hydrogens (tertiary/aromatic N) is 6. The maximum Gasteiger partial charge on any atom is 0.407 e. The summed E-state index contributed by atoms with van der Waals surface area (Å²) < 4.78 is 27.3. The van der Waals surface area contributed by atoms with Gasteiger partial charge in [0.25, 0.3) is 0 Å². The van der Waals surface area contributed by atoms with Crippen molar-refractivity contribution in [3.8, 4) is 17.2 Å². The molecule has 5 heterocycles. The lowest BCUT2D eigenvalue weighted by molar-refractivity contribution is 0.0615. The molecule has 1 saturated heterocycles. The number of alkyl carbamates (subject to hydrolysis) is 1. The van der Waals surface area contributed by atoms with E-state index in [9.17, 15) is 14.4 Å². The number of imidazole rings is 1. The van der Waals surface area contributed by atoms with E-state index in [1.807, 2.05) is 12.1 Å². The summed E-state index contributed by atoms with van der Waals surface area (Å²) in [7, 11) is 0. The molecule has 4 aromatic rings. The van der Waals surface area contributed by atoms with Crippen LogP contribution in [-0.2, 0) is 9.47 Å². The van der Waals surface area contributed by atoms with Crippen LogP contribution >= 0.6 is 0 Å². The van der Waals surface area contributed by atoms with Crippen molar-refractivity contribution in [3.63, 3.8) is 0 Å². The molecule has 0 aliphatic carbocycles. The van der Waals surface area contributed by atoms with Crippen LogP contribution in [0.1, 0.15) is 31.3 Å². The standard InChI is InChI=1S/C23H22FN9O3/c1-12(2)28-23(34)36-17-11-35-20(19(17)24)16-6-18(32-31-16)30-22-27-9-15(13-4-3-5-26-8-13)21-29-14(7-25)10-33(21)22/h3-6,8-10,12,17,19-20H,11H2,1-2H3,(H,28,34)(H2,27,30,31,32)/t17-,19-,20-/m0/s1. The van der Waals surface area contributed by atoms with Gasteiger partial charge < -0.3 is 20.1 Å². The van der Waals surface area contributed by atoms with Crippen molar-refractivity contribution in [1.29, 1.82) is 5.26 Å². The van der Waals surface area contributed by atoms with E-state index < -0.39 is 24.5 Å². The Balaban J connectivity index is 1.35. The van der Waals surface area contributed by atoms with Gasteiger partial charge in [-0.25, -0.2) is 19.2 Å². The molecule has 13 heteroatoms. The van der Waals surface area contributed by atoms with Crippen LogP contribution in [0.5, 0.6) is 0 Å². The molecule has 12 nitrogen and oxygen atoms in total. The van der Waals surface area contributed by atoms with Gasteiger partial charge in [-0.15, -0.1) is 0 Å². The number of rotatable bonds is 6. The van der Waals surface area contributed by atoms with E-state index in [0.29, 0.717) is 28.7 Å². The second-order valence-corrected chi connectivity index (χ2v) is 8.44. The number of carbonyl (C=O) groups is 1. The van der Waals surface area contributed by atoms with Crippen LogP contribution in [0.3, 0.4) is 0 Å². The van der Waals surface area contributed by atoms with Crippen molar-refractivity contribution in [2.45, 2.75) is 38.3 Å². The molecule has 0 saturated carbocycles. The monoisotopic (exact) mass is 491 g/mol. The highest BCUT2D eigenvalue weighted by atomic mass is 19.1. The molecule has 1 fully saturated rings. The Morgan fingerprint density at radius 3 is 3.03 bits per heavy atom. The third-order valence-corrected chi connectivity index (χ3v) is 5.47. The third kappa shape index (κ3) is 4.53. The number of aromatic amines is 1. The largest absolute Gasteiger partial charge is 0.441 e. The summed E-state index contributed by atoms with van der Waals surface area (Å²) in [6.45, 7) is 3.48. The minimum absolute atomic E-state index is 0.0803. The van der Waals surface area contributed by atoms with Crippen LogP contribution in [0.4, 0.5) is 21.0 Å². The molecule has 3 atom stereocenters. The normalized spacial score (nSPS) is 19.4. The highest BCUT2D eigenvalue weighted by Crippen LogP contribution is 2.34. The van der Waals surface area contributed by atoms with Crippen LogP contribution in [0, 0.1) is 11.3 Å². The Labute approximate surface area is 204 Å². The number of ether oxygens (including phenoxy) is 2. The topological polar surface area (TPSA) is 155 Å². The lowest BCUT2D eigenvalue weighted by Crippen LogP contribution is -2.36. The molecule has 1 aliphatic rings. The van der Waals surface area contributed by atoms with Gasteiger partial charge in [0.15, 0.2) is 29.4 Å². The summed E-state index contributed by atoms with van der Waals surface area (Å²) in [5.41, 5.74) is 2.59. The number of nitriles is 1. The first-order chi connectivity index (χ1) is 17.4. The van der Waals surface area contributed by atoms with Crippen LogP contribution in [-0.4, -0.2) is 60.6 Å². The van der Waals surface area contributed by atoms with Gasteiger partial charge >= 0.3 is 6.09 Å². The van der Waals surface area contributed by atoms with E-state index in [1.165, 1.54) is 0 Å². The van der Waals surface area contributed by atoms with E-state index >= 15 is 0 Å². The summed E-state index contributed by atoms with van der Waals surface area (Å²) in [6, 6.07) is 7.16. The lowest BCUT2D eigenvalue weighted by atomic mass is 10.1. The number of hydrogen-bond donors (Lipinski definition) is 3. The summed E-state index contributed by atoms with van der Waals surface area (Å²) in [4.78, 5) is 24.8. The molecule has 4 aromatic heterocycles. The van der Waals surface area contributed by atoms with Crippen molar-refractivity contribution in [2.75, 3.05) is 11.9 Å². The van der Waals surface area contributed by atoms with Crippen LogP contribution < -0.4 is 10.6 Å². The summed E-state index contributed by atoms with van der Waals surface area (Å²) in [5.74, 6) is 0.693. The first-order valence-corrected chi connectivity index (χ1v) is 11.2. The van der Waals surface area contributed by atoms with Gasteiger partial charge in [-0.2, -0.15) is 10.4 Å². The average molecular weight is 491 g/mol. The number of amides is 1. The second-order valence-electron chi connectivity index (χ2n) is 8.44. The minimum Gasteiger partial charge on any atom is -0.441 e. The third-order valence-electron chi connectivity index (χ3n) is 5.47. The van der Waals surface area contributed by atoms with Crippen LogP contribution in [0.25, 0.3) is 16.8 Å². The fourth-order valence-corrected chi connectivity index (χ4v) is 3.86. The predicted octanol–water partition coefficient (Wildman–Crippen LogP) is 3.04. The van der Waals surface area contributed by atoms with Gasteiger partial charge in [0.05, 0.1) is 18.5 Å². The first-order valence-electron chi connectivity index (χ1n) is 11.2. The average Bonchev–Trinajstić information content (AvgIpc) is 3.59. The quantitative estimate of drug-likeness (QED) is 0.369. The highest BCUT2D eigenvalue weighted by Gasteiger charge is 2.42. The zero-order valence-electron chi connectivity index (χ0n) is 19.3. The molecule has 3 N–H and O–H groups in total. The van der Waals surface area contributed by atoms with Gasteiger partial charge in [-0.1, -0.05) is 6.07 Å². The number of aromatic nitrogens is 6. The molecule has 5 rings (SSSR count). The zero-order valence-corrected chi connectivity index (χ0v) is 19.3. The smallest absolute Gasteiger partial charge is 0.407 e. The molecule has 0 unspecified atom stereocenters. The number of alkyl halides is 1. The molecule has 1 amide bonds. The lowest BCUT2D eigenvalue weighted by Gasteiger charge is -2.16. The number of fused-ring (bicyclic) bond motifs is 1. The predicted molar refractivity (Wildman–Crippen MR) is 125 cm³/mol. The minimum atomic E-state index is -1.58. The number of hydrogen-bond acceptors (Lipinski definition) is 9. The fraction of sp³-hybridized carbons (Fsp3) is 0.304. The van der Waals surface area contributed by atoms with Crippen molar-refractivity contribution in [2.24, 2.45) is 0 Å². The van der Waals surface area contributed by atoms with E-state index in [2.05, 4.69) is 35.8 Å². The summed E-state index contributed by atoms with van der Waals surface area (Å²) in [5, 5.41) is 21.9. The van der Waals surface area contributed by atoms with Gasteiger partial charge in [-0.05, 0) is 19.9 Å². The Kier molecular flexibility index (Phi) is 6.17. The molecule has 36 heavy (non-hydrogen) atoms. The molecule has 0 radical (unpaired) electrons. The van der Waals surface area contributed by atoms with E-state index in [0.717, 1.165) is 5.56 Å². The Morgan fingerprint density at radius 2 is 2.28 bits per heavy atom. The van der Waals surface area contributed by atoms with Crippen molar-refractivity contribution in [1.82, 2.24) is 34.9 Å². The Bertz CT molecular complexity index is 1430. The zero-order chi connectivity index (χ0) is 25.2. The molecular formula is C23H22FN9O3. The molecule has 0 spiro atoms.